The van der Waals surface area contributed by atoms with Gasteiger partial charge >= 0.3 is 12.1 Å². The van der Waals surface area contributed by atoms with E-state index in [0.717, 1.165) is 22.3 Å². The van der Waals surface area contributed by atoms with Crippen LogP contribution < -0.4 is 10.6 Å². The van der Waals surface area contributed by atoms with Gasteiger partial charge in [-0.25, -0.2) is 9.59 Å². The Hall–Kier alpha value is -3.84. The van der Waals surface area contributed by atoms with E-state index in [4.69, 9.17) is 21.4 Å². The molecular formula is C26H23ClN2O5. The van der Waals surface area contributed by atoms with Crippen LogP contribution in [0.15, 0.2) is 66.7 Å². The highest BCUT2D eigenvalue weighted by molar-refractivity contribution is 6.34. The number of anilines is 1. The number of nitrogens with one attached hydrogen (secondary N) is 2. The molecule has 0 bridgehead atoms. The number of amides is 2. The number of rotatable bonds is 7. The molecule has 3 aromatic carbocycles. The Morgan fingerprint density at radius 2 is 1.62 bits per heavy atom. The zero-order valence-electron chi connectivity index (χ0n) is 18.4. The lowest BCUT2D eigenvalue weighted by molar-refractivity contribution is -0.118. The van der Waals surface area contributed by atoms with Gasteiger partial charge in [-0.1, -0.05) is 67.1 Å². The second kappa shape index (κ2) is 9.97. The van der Waals surface area contributed by atoms with Gasteiger partial charge in [0, 0.05) is 5.92 Å². The highest BCUT2D eigenvalue weighted by Crippen LogP contribution is 2.44. The lowest BCUT2D eigenvalue weighted by atomic mass is 9.98. The average Bonchev–Trinajstić information content (AvgIpc) is 3.16. The number of aromatic carboxylic acids is 1. The van der Waals surface area contributed by atoms with Gasteiger partial charge in [0.1, 0.15) is 12.6 Å². The Balaban J connectivity index is 1.39. The fourth-order valence-corrected chi connectivity index (χ4v) is 4.33. The molecule has 0 radical (unpaired) electrons. The number of carboxylic acid groups (broad SMARTS) is 1. The molecule has 1 aliphatic carbocycles. The second-order valence-corrected chi connectivity index (χ2v) is 8.33. The summed E-state index contributed by atoms with van der Waals surface area (Å²) in [7, 11) is 0. The molecule has 0 aromatic heterocycles. The van der Waals surface area contributed by atoms with E-state index in [1.165, 1.54) is 18.2 Å². The predicted octanol–water partition coefficient (Wildman–Crippen LogP) is 5.29. The monoisotopic (exact) mass is 478 g/mol. The molecule has 8 heteroatoms. The number of benzene rings is 3. The van der Waals surface area contributed by atoms with Crippen LogP contribution in [-0.4, -0.2) is 35.7 Å². The van der Waals surface area contributed by atoms with Gasteiger partial charge in [0.25, 0.3) is 0 Å². The van der Waals surface area contributed by atoms with Crippen LogP contribution in [0.2, 0.25) is 5.02 Å². The van der Waals surface area contributed by atoms with Crippen LogP contribution in [0.1, 0.15) is 40.7 Å². The first-order chi connectivity index (χ1) is 16.4. The number of carbonyl (C=O) groups is 3. The van der Waals surface area contributed by atoms with Gasteiger partial charge in [0.2, 0.25) is 5.91 Å². The van der Waals surface area contributed by atoms with Gasteiger partial charge in [-0.3, -0.25) is 4.79 Å². The van der Waals surface area contributed by atoms with Crippen LogP contribution in [0.25, 0.3) is 11.1 Å². The van der Waals surface area contributed by atoms with Crippen LogP contribution in [0, 0.1) is 0 Å². The molecule has 3 aromatic rings. The number of halogens is 1. The Morgan fingerprint density at radius 1 is 1.00 bits per heavy atom. The summed E-state index contributed by atoms with van der Waals surface area (Å²) >= 11 is 6.09. The van der Waals surface area contributed by atoms with Crippen LogP contribution in [0.4, 0.5) is 10.5 Å². The maximum atomic E-state index is 12.7. The summed E-state index contributed by atoms with van der Waals surface area (Å²) in [5, 5.41) is 14.3. The number of carboxylic acids is 1. The molecule has 0 fully saturated rings. The number of ether oxygens (including phenoxy) is 1. The molecule has 0 saturated carbocycles. The highest BCUT2D eigenvalue weighted by Gasteiger charge is 2.29. The molecule has 2 amide bonds. The number of carbonyl (C=O) groups excluding carboxylic acids is 2. The maximum absolute atomic E-state index is 12.7. The van der Waals surface area contributed by atoms with E-state index in [-0.39, 0.29) is 28.8 Å². The molecule has 1 unspecified atom stereocenters. The molecular weight excluding hydrogens is 456 g/mol. The van der Waals surface area contributed by atoms with Crippen molar-refractivity contribution in [1.29, 1.82) is 0 Å². The minimum atomic E-state index is -1.12. The van der Waals surface area contributed by atoms with Gasteiger partial charge in [0.15, 0.2) is 0 Å². The van der Waals surface area contributed by atoms with E-state index in [2.05, 4.69) is 22.8 Å². The first-order valence-electron chi connectivity index (χ1n) is 10.8. The number of fused-ring (bicyclic) bond motifs is 3. The van der Waals surface area contributed by atoms with Crippen molar-refractivity contribution in [2.24, 2.45) is 0 Å². The molecule has 0 heterocycles. The van der Waals surface area contributed by atoms with Gasteiger partial charge in [-0.2, -0.15) is 0 Å². The Morgan fingerprint density at radius 3 is 2.18 bits per heavy atom. The number of hydrogen-bond acceptors (Lipinski definition) is 4. The molecule has 0 saturated heterocycles. The summed E-state index contributed by atoms with van der Waals surface area (Å²) in [5.74, 6) is -1.69. The average molecular weight is 479 g/mol. The third-order valence-corrected chi connectivity index (χ3v) is 6.15. The van der Waals surface area contributed by atoms with Gasteiger partial charge in [-0.15, -0.1) is 0 Å². The smallest absolute Gasteiger partial charge is 0.407 e. The summed E-state index contributed by atoms with van der Waals surface area (Å²) in [6.07, 6.45) is -0.378. The SMILES string of the molecule is CCC(NC(=O)OCC1c2ccccc2-c2ccccc21)C(=O)Nc1ccc(C(=O)O)cc1Cl. The molecule has 1 atom stereocenters. The van der Waals surface area contributed by atoms with E-state index in [0.29, 0.717) is 6.42 Å². The van der Waals surface area contributed by atoms with Gasteiger partial charge in [-0.05, 0) is 46.9 Å². The van der Waals surface area contributed by atoms with Crippen molar-refractivity contribution >= 4 is 35.3 Å². The highest BCUT2D eigenvalue weighted by atomic mass is 35.5. The fourth-order valence-electron chi connectivity index (χ4n) is 4.10. The minimum absolute atomic E-state index is 0.00630. The molecule has 1 aliphatic rings. The van der Waals surface area contributed by atoms with Crippen molar-refractivity contribution in [2.75, 3.05) is 11.9 Å². The summed E-state index contributed by atoms with van der Waals surface area (Å²) in [6.45, 7) is 1.89. The molecule has 174 valence electrons. The summed E-state index contributed by atoms with van der Waals surface area (Å²) in [4.78, 5) is 36.3. The molecule has 3 N–H and O–H groups in total. The van der Waals surface area contributed by atoms with E-state index >= 15 is 0 Å². The van der Waals surface area contributed by atoms with Gasteiger partial charge in [0.05, 0.1) is 16.3 Å². The zero-order chi connectivity index (χ0) is 24.2. The largest absolute Gasteiger partial charge is 0.478 e. The molecule has 7 nitrogen and oxygen atoms in total. The second-order valence-electron chi connectivity index (χ2n) is 7.92. The third kappa shape index (κ3) is 4.75. The third-order valence-electron chi connectivity index (χ3n) is 5.83. The quantitative estimate of drug-likeness (QED) is 0.427. The van der Waals surface area contributed by atoms with Crippen molar-refractivity contribution in [3.8, 4) is 11.1 Å². The first kappa shape index (κ1) is 23.3. The lowest BCUT2D eigenvalue weighted by Gasteiger charge is -2.19. The lowest BCUT2D eigenvalue weighted by Crippen LogP contribution is -2.43. The first-order valence-corrected chi connectivity index (χ1v) is 11.2. The topological polar surface area (TPSA) is 105 Å². The van der Waals surface area contributed by atoms with Crippen LogP contribution in [0.5, 0.6) is 0 Å². The predicted molar refractivity (Wildman–Crippen MR) is 129 cm³/mol. The van der Waals surface area contributed by atoms with E-state index < -0.39 is 24.0 Å². The van der Waals surface area contributed by atoms with Crippen LogP contribution in [-0.2, 0) is 9.53 Å². The van der Waals surface area contributed by atoms with Gasteiger partial charge < -0.3 is 20.5 Å². The van der Waals surface area contributed by atoms with Crippen molar-refractivity contribution < 1.29 is 24.2 Å². The molecule has 0 spiro atoms. The summed E-state index contributed by atoms with van der Waals surface area (Å²) in [5.41, 5.74) is 4.71. The minimum Gasteiger partial charge on any atom is -0.478 e. The Labute approximate surface area is 201 Å². The molecule has 4 rings (SSSR count). The molecule has 0 aliphatic heterocycles. The van der Waals surface area contributed by atoms with Crippen LogP contribution in [0.3, 0.4) is 0 Å². The maximum Gasteiger partial charge on any atom is 0.407 e. The Bertz CT molecular complexity index is 1210. The Kier molecular flexibility index (Phi) is 6.84. The normalized spacial score (nSPS) is 12.9. The van der Waals surface area contributed by atoms with Crippen molar-refractivity contribution in [1.82, 2.24) is 5.32 Å². The van der Waals surface area contributed by atoms with Crippen molar-refractivity contribution in [3.63, 3.8) is 0 Å². The fraction of sp³-hybridized carbons (Fsp3) is 0.192. The van der Waals surface area contributed by atoms with E-state index in [9.17, 15) is 14.4 Å². The molecule has 34 heavy (non-hydrogen) atoms. The number of hydrogen-bond donors (Lipinski definition) is 3. The van der Waals surface area contributed by atoms with E-state index in [1.54, 1.807) is 6.92 Å². The van der Waals surface area contributed by atoms with Crippen molar-refractivity contribution in [2.45, 2.75) is 25.3 Å². The number of alkyl carbamates (subject to hydrolysis) is 1. The van der Waals surface area contributed by atoms with Crippen molar-refractivity contribution in [3.05, 3.63) is 88.4 Å². The van der Waals surface area contributed by atoms with Crippen LogP contribution >= 0.6 is 11.6 Å². The standard InChI is InChI=1S/C26H23ClN2O5/c1-2-22(24(30)28-23-12-11-15(25(31)32)13-21(23)27)29-26(33)34-14-20-18-9-5-3-7-16(18)17-8-4-6-10-19(17)20/h3-13,20,22H,2,14H2,1H3,(H,28,30)(H,29,33)(H,31,32). The van der Waals surface area contributed by atoms with E-state index in [1.807, 2.05) is 36.4 Å². The summed E-state index contributed by atoms with van der Waals surface area (Å²) in [6, 6.07) is 19.2. The summed E-state index contributed by atoms with van der Waals surface area (Å²) < 4.78 is 5.52. The zero-order valence-corrected chi connectivity index (χ0v) is 19.1.